The summed E-state index contributed by atoms with van der Waals surface area (Å²) in [6.07, 6.45) is 5.03. The van der Waals surface area contributed by atoms with E-state index in [1.807, 2.05) is 0 Å². The lowest BCUT2D eigenvalue weighted by molar-refractivity contribution is -0.388. The van der Waals surface area contributed by atoms with E-state index >= 15 is 0 Å². The SMILES string of the molecule is Cn1cnc([N+](=O)[O-])c1NCCCN1CCCC1. The Balaban J connectivity index is 1.78. The summed E-state index contributed by atoms with van der Waals surface area (Å²) in [7, 11) is 1.75. The van der Waals surface area contributed by atoms with Gasteiger partial charge in [-0.15, -0.1) is 0 Å². The second-order valence-electron chi connectivity index (χ2n) is 4.61. The molecule has 7 heteroatoms. The summed E-state index contributed by atoms with van der Waals surface area (Å²) in [4.78, 5) is 16.5. The number of aromatic nitrogens is 2. The van der Waals surface area contributed by atoms with Gasteiger partial charge in [0.2, 0.25) is 12.1 Å². The van der Waals surface area contributed by atoms with E-state index in [1.54, 1.807) is 11.6 Å². The third kappa shape index (κ3) is 2.98. The van der Waals surface area contributed by atoms with Crippen LogP contribution in [0.1, 0.15) is 19.3 Å². The van der Waals surface area contributed by atoms with E-state index < -0.39 is 4.92 Å². The number of hydrogen-bond donors (Lipinski definition) is 1. The second-order valence-corrected chi connectivity index (χ2v) is 4.61. The van der Waals surface area contributed by atoms with Crippen LogP contribution in [-0.2, 0) is 7.05 Å². The van der Waals surface area contributed by atoms with Gasteiger partial charge < -0.3 is 20.3 Å². The second kappa shape index (κ2) is 5.81. The molecule has 1 saturated heterocycles. The zero-order valence-corrected chi connectivity index (χ0v) is 10.6. The van der Waals surface area contributed by atoms with E-state index in [1.165, 1.54) is 32.3 Å². The summed E-state index contributed by atoms with van der Waals surface area (Å²) in [5, 5.41) is 13.9. The molecule has 1 aliphatic rings. The van der Waals surface area contributed by atoms with Crippen LogP contribution >= 0.6 is 0 Å². The van der Waals surface area contributed by atoms with Gasteiger partial charge in [0.25, 0.3) is 0 Å². The van der Waals surface area contributed by atoms with Crippen LogP contribution in [-0.4, -0.2) is 45.6 Å². The Bertz CT molecular complexity index is 412. The molecule has 0 saturated carbocycles. The van der Waals surface area contributed by atoms with Crippen molar-refractivity contribution < 1.29 is 4.92 Å². The molecular formula is C11H19N5O2. The van der Waals surface area contributed by atoms with Gasteiger partial charge in [-0.3, -0.25) is 4.57 Å². The molecule has 0 aromatic carbocycles. The Morgan fingerprint density at radius 2 is 2.22 bits per heavy atom. The van der Waals surface area contributed by atoms with Gasteiger partial charge in [-0.2, -0.15) is 0 Å². The van der Waals surface area contributed by atoms with Crippen molar-refractivity contribution in [3.63, 3.8) is 0 Å². The van der Waals surface area contributed by atoms with Gasteiger partial charge in [-0.1, -0.05) is 0 Å². The number of nitro groups is 1. The molecule has 0 bridgehead atoms. The fourth-order valence-electron chi connectivity index (χ4n) is 2.27. The highest BCUT2D eigenvalue weighted by Crippen LogP contribution is 2.20. The smallest absolute Gasteiger partial charge is 0.364 e. The number of nitrogens with zero attached hydrogens (tertiary/aromatic N) is 4. The van der Waals surface area contributed by atoms with Crippen LogP contribution in [0.5, 0.6) is 0 Å². The summed E-state index contributed by atoms with van der Waals surface area (Å²) in [6, 6.07) is 0. The van der Waals surface area contributed by atoms with Gasteiger partial charge in [0.15, 0.2) is 0 Å². The van der Waals surface area contributed by atoms with E-state index in [0.29, 0.717) is 5.82 Å². The molecule has 1 N–H and O–H groups in total. The largest absolute Gasteiger partial charge is 0.406 e. The monoisotopic (exact) mass is 253 g/mol. The third-order valence-electron chi connectivity index (χ3n) is 3.23. The predicted molar refractivity (Wildman–Crippen MR) is 68.6 cm³/mol. The Labute approximate surface area is 106 Å². The molecule has 1 fully saturated rings. The maximum atomic E-state index is 10.8. The summed E-state index contributed by atoms with van der Waals surface area (Å²) >= 11 is 0. The molecule has 2 heterocycles. The van der Waals surface area contributed by atoms with Crippen LogP contribution < -0.4 is 5.32 Å². The van der Waals surface area contributed by atoms with Gasteiger partial charge in [-0.25, -0.2) is 0 Å². The molecule has 0 atom stereocenters. The maximum Gasteiger partial charge on any atom is 0.406 e. The molecule has 1 aromatic heterocycles. The van der Waals surface area contributed by atoms with Gasteiger partial charge >= 0.3 is 5.82 Å². The minimum absolute atomic E-state index is 0.0985. The van der Waals surface area contributed by atoms with Crippen LogP contribution in [0.25, 0.3) is 0 Å². The van der Waals surface area contributed by atoms with Gasteiger partial charge in [0, 0.05) is 13.6 Å². The summed E-state index contributed by atoms with van der Waals surface area (Å²) in [6.45, 7) is 4.16. The average molecular weight is 253 g/mol. The first-order valence-electron chi connectivity index (χ1n) is 6.30. The lowest BCUT2D eigenvalue weighted by Gasteiger charge is -2.14. The lowest BCUT2D eigenvalue weighted by atomic mass is 10.4. The highest BCUT2D eigenvalue weighted by molar-refractivity contribution is 5.51. The molecule has 0 radical (unpaired) electrons. The highest BCUT2D eigenvalue weighted by atomic mass is 16.6. The molecule has 0 amide bonds. The maximum absolute atomic E-state index is 10.8. The predicted octanol–water partition coefficient (Wildman–Crippen LogP) is 1.23. The molecule has 100 valence electrons. The van der Waals surface area contributed by atoms with Gasteiger partial charge in [-0.05, 0) is 48.8 Å². The van der Waals surface area contributed by atoms with Crippen molar-refractivity contribution in [2.45, 2.75) is 19.3 Å². The molecule has 0 unspecified atom stereocenters. The van der Waals surface area contributed by atoms with Crippen LogP contribution in [0.2, 0.25) is 0 Å². The number of rotatable bonds is 6. The van der Waals surface area contributed by atoms with Crippen molar-refractivity contribution in [1.82, 2.24) is 14.5 Å². The topological polar surface area (TPSA) is 76.2 Å². The van der Waals surface area contributed by atoms with Crippen LogP contribution in [0.3, 0.4) is 0 Å². The Hall–Kier alpha value is -1.63. The molecular weight excluding hydrogens is 234 g/mol. The molecule has 2 rings (SSSR count). The number of hydrogen-bond acceptors (Lipinski definition) is 5. The molecule has 1 aromatic rings. The first-order valence-corrected chi connectivity index (χ1v) is 6.30. The fourth-order valence-corrected chi connectivity index (χ4v) is 2.27. The van der Waals surface area contributed by atoms with Crippen LogP contribution in [0, 0.1) is 10.1 Å². The average Bonchev–Trinajstić information content (AvgIpc) is 2.94. The van der Waals surface area contributed by atoms with E-state index in [-0.39, 0.29) is 5.82 Å². The number of nitrogens with one attached hydrogen (secondary N) is 1. The number of imidazole rings is 1. The summed E-state index contributed by atoms with van der Waals surface area (Å²) < 4.78 is 1.65. The first kappa shape index (κ1) is 12.8. The zero-order chi connectivity index (χ0) is 13.0. The van der Waals surface area contributed by atoms with Crippen LogP contribution in [0.15, 0.2) is 6.33 Å². The quantitative estimate of drug-likeness (QED) is 0.468. The van der Waals surface area contributed by atoms with Crippen molar-refractivity contribution in [2.75, 3.05) is 31.5 Å². The summed E-state index contributed by atoms with van der Waals surface area (Å²) in [5.74, 6) is 0.389. The van der Waals surface area contributed by atoms with E-state index in [9.17, 15) is 10.1 Å². The molecule has 18 heavy (non-hydrogen) atoms. The lowest BCUT2D eigenvalue weighted by Crippen LogP contribution is -2.22. The third-order valence-corrected chi connectivity index (χ3v) is 3.23. The highest BCUT2D eigenvalue weighted by Gasteiger charge is 2.19. The zero-order valence-electron chi connectivity index (χ0n) is 10.6. The van der Waals surface area contributed by atoms with Crippen molar-refractivity contribution >= 4 is 11.6 Å². The standard InChI is InChI=1S/C11H19N5O2/c1-14-9-13-11(16(17)18)10(14)12-5-4-8-15-6-2-3-7-15/h9,12H,2-8H2,1H3. The van der Waals surface area contributed by atoms with Crippen molar-refractivity contribution in [2.24, 2.45) is 7.05 Å². The number of anilines is 1. The van der Waals surface area contributed by atoms with E-state index in [4.69, 9.17) is 0 Å². The van der Waals surface area contributed by atoms with Gasteiger partial charge in [0.05, 0.1) is 0 Å². The molecule has 7 nitrogen and oxygen atoms in total. The number of aryl methyl sites for hydroxylation is 1. The normalized spacial score (nSPS) is 16.1. The van der Waals surface area contributed by atoms with Crippen molar-refractivity contribution in [1.29, 1.82) is 0 Å². The Morgan fingerprint density at radius 1 is 1.50 bits per heavy atom. The van der Waals surface area contributed by atoms with E-state index in [2.05, 4.69) is 15.2 Å². The number of likely N-dealkylation sites (tertiary alicyclic amines) is 1. The first-order chi connectivity index (χ1) is 8.68. The van der Waals surface area contributed by atoms with Crippen LogP contribution in [0.4, 0.5) is 11.6 Å². The minimum Gasteiger partial charge on any atom is -0.364 e. The molecule has 0 spiro atoms. The fraction of sp³-hybridized carbons (Fsp3) is 0.727. The van der Waals surface area contributed by atoms with E-state index in [0.717, 1.165) is 19.5 Å². The molecule has 1 aliphatic heterocycles. The van der Waals surface area contributed by atoms with Gasteiger partial charge in [0.1, 0.15) is 0 Å². The summed E-state index contributed by atoms with van der Waals surface area (Å²) in [5.41, 5.74) is 0. The minimum atomic E-state index is -0.456. The Morgan fingerprint density at radius 3 is 2.89 bits per heavy atom. The van der Waals surface area contributed by atoms with Crippen molar-refractivity contribution in [3.8, 4) is 0 Å². The molecule has 0 aliphatic carbocycles. The van der Waals surface area contributed by atoms with Crippen molar-refractivity contribution in [3.05, 3.63) is 16.4 Å². The Kier molecular flexibility index (Phi) is 4.14.